The molecule has 0 saturated carbocycles. The molecule has 0 fully saturated rings. The van der Waals surface area contributed by atoms with Gasteiger partial charge in [0.1, 0.15) is 18.2 Å². The van der Waals surface area contributed by atoms with Gasteiger partial charge in [-0.1, -0.05) is 18.2 Å². The molecule has 1 aromatic heterocycles. The van der Waals surface area contributed by atoms with E-state index in [1.54, 1.807) is 38.4 Å². The first-order valence-electron chi connectivity index (χ1n) is 7.81. The molecule has 0 radical (unpaired) electrons. The fourth-order valence-electron chi connectivity index (χ4n) is 2.31. The zero-order valence-electron chi connectivity index (χ0n) is 14.3. The van der Waals surface area contributed by atoms with Gasteiger partial charge in [0.15, 0.2) is 11.5 Å². The molecule has 6 nitrogen and oxygen atoms in total. The molecule has 0 aliphatic heterocycles. The molecule has 0 saturated heterocycles. The Bertz CT molecular complexity index is 980. The number of aryl methyl sites for hydroxylation is 1. The van der Waals surface area contributed by atoms with E-state index in [2.05, 4.69) is 15.3 Å². The fraction of sp³-hybridized carbons (Fsp3) is 0.167. The number of halogens is 1. The van der Waals surface area contributed by atoms with Crippen LogP contribution in [0.5, 0.6) is 11.5 Å². The maximum absolute atomic E-state index is 13.0. The molecule has 2 aromatic carbocycles. The van der Waals surface area contributed by atoms with Gasteiger partial charge in [0.25, 0.3) is 0 Å². The number of methoxy groups -OCH3 is 1. The molecule has 0 amide bonds. The smallest absolute Gasteiger partial charge is 0.216 e. The van der Waals surface area contributed by atoms with E-state index in [0.717, 1.165) is 5.56 Å². The molecule has 3 rings (SSSR count). The van der Waals surface area contributed by atoms with Crippen LogP contribution in [0.4, 0.5) is 4.39 Å². The van der Waals surface area contributed by atoms with E-state index < -0.39 is 0 Å². The van der Waals surface area contributed by atoms with E-state index in [4.69, 9.17) is 21.7 Å². The topological polar surface area (TPSA) is 64.4 Å². The molecule has 26 heavy (non-hydrogen) atoms. The Kier molecular flexibility index (Phi) is 5.43. The summed E-state index contributed by atoms with van der Waals surface area (Å²) in [6, 6.07) is 11.6. The predicted molar refractivity (Wildman–Crippen MR) is 98.9 cm³/mol. The molecule has 8 heteroatoms. The summed E-state index contributed by atoms with van der Waals surface area (Å²) >= 11 is 5.14. The number of nitrogens with zero attached hydrogens (tertiary/aromatic N) is 3. The first kappa shape index (κ1) is 17.8. The first-order valence-corrected chi connectivity index (χ1v) is 8.22. The van der Waals surface area contributed by atoms with Crippen molar-refractivity contribution in [1.29, 1.82) is 0 Å². The van der Waals surface area contributed by atoms with Crippen LogP contribution in [0, 0.1) is 17.5 Å². The minimum atomic E-state index is -0.286. The van der Waals surface area contributed by atoms with Crippen LogP contribution in [0.25, 0.3) is 0 Å². The monoisotopic (exact) mass is 372 g/mol. The van der Waals surface area contributed by atoms with Gasteiger partial charge in [-0.05, 0) is 49.0 Å². The minimum absolute atomic E-state index is 0.270. The van der Waals surface area contributed by atoms with Crippen molar-refractivity contribution in [2.75, 3.05) is 7.11 Å². The molecule has 0 aliphatic carbocycles. The molecular weight excluding hydrogens is 355 g/mol. The maximum atomic E-state index is 13.0. The highest BCUT2D eigenvalue weighted by Gasteiger charge is 2.10. The SMILES string of the molecule is COc1cccc(/C=N\n2c(C)n[nH]c2=S)c1OCc1ccc(F)cc1. The highest BCUT2D eigenvalue weighted by Crippen LogP contribution is 2.31. The average molecular weight is 372 g/mol. The Labute approximate surface area is 154 Å². The van der Waals surface area contributed by atoms with Gasteiger partial charge in [-0.3, -0.25) is 5.10 Å². The molecule has 0 unspecified atom stereocenters. The lowest BCUT2D eigenvalue weighted by Crippen LogP contribution is -2.02. The van der Waals surface area contributed by atoms with Crippen molar-refractivity contribution in [2.24, 2.45) is 5.10 Å². The Morgan fingerprint density at radius 2 is 2.04 bits per heavy atom. The number of aromatic nitrogens is 3. The van der Waals surface area contributed by atoms with E-state index in [0.29, 0.717) is 27.7 Å². The summed E-state index contributed by atoms with van der Waals surface area (Å²) in [4.78, 5) is 0. The number of nitrogens with one attached hydrogen (secondary N) is 1. The third-order valence-corrected chi connectivity index (χ3v) is 3.91. The number of ether oxygens (including phenoxy) is 2. The van der Waals surface area contributed by atoms with Crippen LogP contribution in [-0.2, 0) is 6.61 Å². The van der Waals surface area contributed by atoms with E-state index in [9.17, 15) is 4.39 Å². The fourth-order valence-corrected chi connectivity index (χ4v) is 2.54. The number of rotatable bonds is 6. The summed E-state index contributed by atoms with van der Waals surface area (Å²) in [6.45, 7) is 2.06. The minimum Gasteiger partial charge on any atom is -0.493 e. The van der Waals surface area contributed by atoms with E-state index in [1.165, 1.54) is 16.8 Å². The molecule has 134 valence electrons. The third kappa shape index (κ3) is 3.97. The van der Waals surface area contributed by atoms with Crippen LogP contribution < -0.4 is 9.47 Å². The number of H-pyrrole nitrogens is 1. The number of hydrogen-bond acceptors (Lipinski definition) is 5. The van der Waals surface area contributed by atoms with Crippen molar-refractivity contribution in [3.8, 4) is 11.5 Å². The van der Waals surface area contributed by atoms with Crippen molar-refractivity contribution in [3.05, 3.63) is 70.0 Å². The van der Waals surface area contributed by atoms with Crippen LogP contribution in [0.3, 0.4) is 0 Å². The van der Waals surface area contributed by atoms with Crippen LogP contribution in [0.15, 0.2) is 47.6 Å². The Balaban J connectivity index is 1.88. The lowest BCUT2D eigenvalue weighted by atomic mass is 10.2. The molecule has 1 heterocycles. The Morgan fingerprint density at radius 1 is 1.27 bits per heavy atom. The van der Waals surface area contributed by atoms with Gasteiger partial charge >= 0.3 is 0 Å². The van der Waals surface area contributed by atoms with E-state index in [1.807, 2.05) is 12.1 Å². The van der Waals surface area contributed by atoms with E-state index >= 15 is 0 Å². The standard InChI is InChI=1S/C18H17FN4O2S/c1-12-21-22-18(26)23(12)20-10-14-4-3-5-16(24-2)17(14)25-11-13-6-8-15(19)9-7-13/h3-10H,11H2,1-2H3,(H,22,26)/b20-10-. The van der Waals surface area contributed by atoms with Gasteiger partial charge in [0.05, 0.1) is 13.3 Å². The van der Waals surface area contributed by atoms with Crippen molar-refractivity contribution in [2.45, 2.75) is 13.5 Å². The lowest BCUT2D eigenvalue weighted by Gasteiger charge is -2.13. The molecule has 0 aliphatic rings. The highest BCUT2D eigenvalue weighted by molar-refractivity contribution is 7.71. The summed E-state index contributed by atoms with van der Waals surface area (Å²) in [5, 5.41) is 11.0. The van der Waals surface area contributed by atoms with Gasteiger partial charge in [-0.15, -0.1) is 0 Å². The largest absolute Gasteiger partial charge is 0.493 e. The molecule has 0 spiro atoms. The van der Waals surface area contributed by atoms with Gasteiger partial charge in [-0.2, -0.15) is 14.9 Å². The molecular formula is C18H17FN4O2S. The number of benzene rings is 2. The van der Waals surface area contributed by atoms with Crippen LogP contribution in [0.2, 0.25) is 0 Å². The lowest BCUT2D eigenvalue weighted by molar-refractivity contribution is 0.284. The summed E-state index contributed by atoms with van der Waals surface area (Å²) in [6.07, 6.45) is 1.63. The Hall–Kier alpha value is -3.00. The van der Waals surface area contributed by atoms with E-state index in [-0.39, 0.29) is 12.4 Å². The van der Waals surface area contributed by atoms with Crippen molar-refractivity contribution >= 4 is 18.4 Å². The second-order valence-corrected chi connectivity index (χ2v) is 5.81. The van der Waals surface area contributed by atoms with Gasteiger partial charge in [-0.25, -0.2) is 4.39 Å². The molecule has 1 N–H and O–H groups in total. The van der Waals surface area contributed by atoms with Crippen LogP contribution in [-0.4, -0.2) is 28.2 Å². The van der Waals surface area contributed by atoms with Gasteiger partial charge < -0.3 is 9.47 Å². The summed E-state index contributed by atoms with van der Waals surface area (Å²) < 4.78 is 26.3. The second kappa shape index (κ2) is 7.92. The van der Waals surface area contributed by atoms with Crippen molar-refractivity contribution in [1.82, 2.24) is 14.9 Å². The first-order chi connectivity index (χ1) is 12.6. The second-order valence-electron chi connectivity index (χ2n) is 5.43. The van der Waals surface area contributed by atoms with Gasteiger partial charge in [0, 0.05) is 5.56 Å². The average Bonchev–Trinajstić information content (AvgIpc) is 2.97. The van der Waals surface area contributed by atoms with Crippen molar-refractivity contribution < 1.29 is 13.9 Å². The summed E-state index contributed by atoms with van der Waals surface area (Å²) in [5.41, 5.74) is 1.56. The molecule has 3 aromatic rings. The number of aromatic amines is 1. The molecule has 0 atom stereocenters. The molecule has 0 bridgehead atoms. The van der Waals surface area contributed by atoms with Crippen molar-refractivity contribution in [3.63, 3.8) is 0 Å². The third-order valence-electron chi connectivity index (χ3n) is 3.65. The van der Waals surface area contributed by atoms with Gasteiger partial charge in [0.2, 0.25) is 4.77 Å². The highest BCUT2D eigenvalue weighted by atomic mass is 32.1. The number of para-hydroxylation sites is 1. The number of hydrogen-bond donors (Lipinski definition) is 1. The summed E-state index contributed by atoms with van der Waals surface area (Å²) in [5.74, 6) is 1.47. The normalized spacial score (nSPS) is 11.0. The zero-order chi connectivity index (χ0) is 18.5. The van der Waals surface area contributed by atoms with Crippen LogP contribution in [0.1, 0.15) is 17.0 Å². The Morgan fingerprint density at radius 3 is 2.69 bits per heavy atom. The summed E-state index contributed by atoms with van der Waals surface area (Å²) in [7, 11) is 1.57. The zero-order valence-corrected chi connectivity index (χ0v) is 15.1. The predicted octanol–water partition coefficient (Wildman–Crippen LogP) is 3.86. The maximum Gasteiger partial charge on any atom is 0.216 e. The quantitative estimate of drug-likeness (QED) is 0.527. The van der Waals surface area contributed by atoms with Crippen LogP contribution >= 0.6 is 12.2 Å².